The zero-order valence-corrected chi connectivity index (χ0v) is 19.7. The average molecular weight is 446 g/mol. The number of likely N-dealkylation sites (tertiary alicyclic amines) is 1. The number of fused-ring (bicyclic) bond motifs is 1. The number of aliphatic hydroxyl groups is 2. The number of benzene rings is 1. The van der Waals surface area contributed by atoms with Crippen molar-refractivity contribution in [1.82, 2.24) is 10.2 Å². The van der Waals surface area contributed by atoms with Crippen molar-refractivity contribution in [3.8, 4) is 0 Å². The lowest BCUT2D eigenvalue weighted by atomic mass is 9.72. The number of anilines is 1. The number of carbonyl (C=O) groups is 2. The van der Waals surface area contributed by atoms with Gasteiger partial charge in [0.1, 0.15) is 11.3 Å². The predicted molar refractivity (Wildman–Crippen MR) is 122 cm³/mol. The number of hydrogen-bond donors (Lipinski definition) is 4. The fourth-order valence-electron chi connectivity index (χ4n) is 4.41. The minimum Gasteiger partial charge on any atom is -0.511 e. The van der Waals surface area contributed by atoms with Crippen molar-refractivity contribution < 1.29 is 24.5 Å². The molecule has 0 spiro atoms. The molecule has 1 saturated heterocycles. The second-order valence-corrected chi connectivity index (χ2v) is 10.2. The van der Waals surface area contributed by atoms with Crippen LogP contribution in [0.5, 0.6) is 0 Å². The minimum absolute atomic E-state index is 0.173. The monoisotopic (exact) mass is 445 g/mol. The molecule has 0 aromatic heterocycles. The molecule has 32 heavy (non-hydrogen) atoms. The summed E-state index contributed by atoms with van der Waals surface area (Å²) < 4.78 is 5.66. The molecule has 4 N–H and O–H groups in total. The van der Waals surface area contributed by atoms with E-state index in [1.54, 1.807) is 17.9 Å². The number of ether oxygens (including phenoxy) is 1. The first kappa shape index (κ1) is 24.2. The van der Waals surface area contributed by atoms with Crippen LogP contribution in [-0.2, 0) is 14.3 Å². The normalized spacial score (nSPS) is 25.4. The molecule has 0 aliphatic carbocycles. The molecule has 1 aromatic carbocycles. The van der Waals surface area contributed by atoms with Gasteiger partial charge in [0.2, 0.25) is 6.41 Å². The number of aliphatic hydroxyl groups excluding tert-OH is 2. The molecule has 0 radical (unpaired) electrons. The van der Waals surface area contributed by atoms with E-state index in [2.05, 4.69) is 10.6 Å². The highest BCUT2D eigenvalue weighted by Gasteiger charge is 2.51. The van der Waals surface area contributed by atoms with Crippen molar-refractivity contribution in [1.29, 1.82) is 0 Å². The van der Waals surface area contributed by atoms with E-state index in [9.17, 15) is 19.8 Å². The van der Waals surface area contributed by atoms with Crippen molar-refractivity contribution in [2.24, 2.45) is 5.41 Å². The lowest BCUT2D eigenvalue weighted by molar-refractivity contribution is -0.250. The summed E-state index contributed by atoms with van der Waals surface area (Å²) in [5, 5.41) is 27.4. The molecule has 2 aliphatic heterocycles. The third kappa shape index (κ3) is 4.82. The number of nitrogens with zero attached hydrogens (tertiary/aromatic N) is 1. The molecule has 1 unspecified atom stereocenters. The Kier molecular flexibility index (Phi) is 6.70. The molecule has 8 heteroatoms. The summed E-state index contributed by atoms with van der Waals surface area (Å²) >= 11 is 0. The molecule has 2 heterocycles. The fourth-order valence-corrected chi connectivity index (χ4v) is 4.41. The average Bonchev–Trinajstić information content (AvgIpc) is 2.67. The number of amides is 2. The maximum Gasteiger partial charge on any atom is 0.264 e. The second kappa shape index (κ2) is 8.84. The van der Waals surface area contributed by atoms with Crippen LogP contribution >= 0.6 is 0 Å². The Bertz CT molecular complexity index is 920. The molecule has 2 amide bonds. The molecule has 8 nitrogen and oxygen atoms in total. The first-order chi connectivity index (χ1) is 14.8. The van der Waals surface area contributed by atoms with Gasteiger partial charge in [-0.1, -0.05) is 32.0 Å². The highest BCUT2D eigenvalue weighted by Crippen LogP contribution is 2.41. The van der Waals surface area contributed by atoms with Crippen LogP contribution in [0.2, 0.25) is 0 Å². The summed E-state index contributed by atoms with van der Waals surface area (Å²) in [6.07, 6.45) is -0.657. The SMILES string of the molecule is CC(C)c1ccccc1NC(=O)C1=C(O)[C@@]2(C)CN(C(O)OC(C)(C)C)CC[C@@H]2NC1=O. The minimum atomic E-state index is -1.16. The van der Waals surface area contributed by atoms with Crippen LogP contribution in [0.1, 0.15) is 59.4 Å². The molecule has 1 fully saturated rings. The smallest absolute Gasteiger partial charge is 0.264 e. The van der Waals surface area contributed by atoms with E-state index in [1.165, 1.54) is 0 Å². The predicted octanol–water partition coefficient (Wildman–Crippen LogP) is 2.86. The van der Waals surface area contributed by atoms with Crippen LogP contribution in [0.3, 0.4) is 0 Å². The zero-order chi connectivity index (χ0) is 23.8. The topological polar surface area (TPSA) is 111 Å². The van der Waals surface area contributed by atoms with Gasteiger partial charge in [0, 0.05) is 24.8 Å². The van der Waals surface area contributed by atoms with Crippen molar-refractivity contribution in [2.75, 3.05) is 18.4 Å². The van der Waals surface area contributed by atoms with E-state index in [4.69, 9.17) is 4.74 Å². The molecular weight excluding hydrogens is 410 g/mol. The van der Waals surface area contributed by atoms with Gasteiger partial charge in [-0.25, -0.2) is 0 Å². The Balaban J connectivity index is 1.89. The molecule has 2 aliphatic rings. The lowest BCUT2D eigenvalue weighted by Crippen LogP contribution is -2.63. The first-order valence-corrected chi connectivity index (χ1v) is 11.1. The van der Waals surface area contributed by atoms with E-state index in [0.717, 1.165) is 5.56 Å². The number of carbonyl (C=O) groups excluding carboxylic acids is 2. The van der Waals surface area contributed by atoms with Crippen molar-refractivity contribution >= 4 is 17.5 Å². The summed E-state index contributed by atoms with van der Waals surface area (Å²) in [7, 11) is 0. The Morgan fingerprint density at radius 1 is 1.31 bits per heavy atom. The summed E-state index contributed by atoms with van der Waals surface area (Å²) in [6, 6.07) is 7.04. The molecule has 0 bridgehead atoms. The van der Waals surface area contributed by atoms with E-state index in [1.807, 2.05) is 52.8 Å². The van der Waals surface area contributed by atoms with E-state index in [-0.39, 0.29) is 29.8 Å². The summed E-state index contributed by atoms with van der Waals surface area (Å²) in [5.41, 5.74) is -0.251. The number of hydrogen-bond acceptors (Lipinski definition) is 6. The summed E-state index contributed by atoms with van der Waals surface area (Å²) in [6.45, 7) is 12.1. The number of piperidine rings is 1. The van der Waals surface area contributed by atoms with Gasteiger partial charge in [-0.15, -0.1) is 0 Å². The van der Waals surface area contributed by atoms with Crippen LogP contribution in [0.25, 0.3) is 0 Å². The van der Waals surface area contributed by atoms with Crippen LogP contribution in [-0.4, -0.2) is 58.1 Å². The Hall–Kier alpha value is -2.42. The van der Waals surface area contributed by atoms with Gasteiger partial charge in [0.05, 0.1) is 11.0 Å². The third-order valence-corrected chi connectivity index (χ3v) is 6.15. The van der Waals surface area contributed by atoms with Crippen LogP contribution in [0.15, 0.2) is 35.6 Å². The van der Waals surface area contributed by atoms with E-state index < -0.39 is 29.2 Å². The number of rotatable bonds is 5. The second-order valence-electron chi connectivity index (χ2n) is 10.2. The highest BCUT2D eigenvalue weighted by molar-refractivity contribution is 6.23. The third-order valence-electron chi connectivity index (χ3n) is 6.15. The molecule has 176 valence electrons. The highest BCUT2D eigenvalue weighted by atomic mass is 16.6. The van der Waals surface area contributed by atoms with Gasteiger partial charge >= 0.3 is 0 Å². The molecule has 0 saturated carbocycles. The van der Waals surface area contributed by atoms with Gasteiger partial charge in [-0.2, -0.15) is 0 Å². The van der Waals surface area contributed by atoms with Crippen molar-refractivity contribution in [2.45, 2.75) is 71.9 Å². The summed E-state index contributed by atoms with van der Waals surface area (Å²) in [4.78, 5) is 27.6. The van der Waals surface area contributed by atoms with Crippen molar-refractivity contribution in [3.05, 3.63) is 41.2 Å². The maximum atomic E-state index is 13.1. The van der Waals surface area contributed by atoms with Crippen LogP contribution in [0, 0.1) is 5.41 Å². The van der Waals surface area contributed by atoms with Gasteiger partial charge in [-0.3, -0.25) is 14.5 Å². The van der Waals surface area contributed by atoms with E-state index in [0.29, 0.717) is 18.7 Å². The molecule has 3 rings (SSSR count). The van der Waals surface area contributed by atoms with Gasteiger partial charge < -0.3 is 25.6 Å². The zero-order valence-electron chi connectivity index (χ0n) is 19.7. The molecule has 3 atom stereocenters. The lowest BCUT2D eigenvalue weighted by Gasteiger charge is -2.49. The van der Waals surface area contributed by atoms with Gasteiger partial charge in [0.25, 0.3) is 11.8 Å². The fraction of sp³-hybridized carbons (Fsp3) is 0.583. The van der Waals surface area contributed by atoms with Crippen LogP contribution < -0.4 is 10.6 Å². The Morgan fingerprint density at radius 3 is 2.59 bits per heavy atom. The Labute approximate surface area is 189 Å². The van der Waals surface area contributed by atoms with Crippen LogP contribution in [0.4, 0.5) is 5.69 Å². The van der Waals surface area contributed by atoms with Crippen molar-refractivity contribution in [3.63, 3.8) is 0 Å². The summed E-state index contributed by atoms with van der Waals surface area (Å²) in [5.74, 6) is -1.34. The first-order valence-electron chi connectivity index (χ1n) is 11.1. The van der Waals surface area contributed by atoms with E-state index >= 15 is 0 Å². The van der Waals surface area contributed by atoms with Gasteiger partial charge in [-0.05, 0) is 51.7 Å². The molecular formula is C24H35N3O5. The Morgan fingerprint density at radius 2 is 1.97 bits per heavy atom. The number of nitrogens with one attached hydrogen (secondary N) is 2. The van der Waals surface area contributed by atoms with Gasteiger partial charge in [0.15, 0.2) is 0 Å². The maximum absolute atomic E-state index is 13.1. The largest absolute Gasteiger partial charge is 0.511 e. The number of para-hydroxylation sites is 1. The standard InChI is InChI=1S/C24H35N3O5/c1-14(2)15-9-7-8-10-16(15)25-20(29)18-19(28)24(6)13-27(22(31)32-23(3,4)5)12-11-17(24)26-21(18)30/h7-10,14,17,22,28,31H,11-13H2,1-6H3,(H,25,29)(H,26,30)/t17-,22?,24-/m0/s1. The molecule has 1 aromatic rings. The quantitative estimate of drug-likeness (QED) is 0.410.